The quantitative estimate of drug-likeness (QED) is 0.360. The van der Waals surface area contributed by atoms with Gasteiger partial charge in [-0.25, -0.2) is 0 Å². The molecule has 1 fully saturated rings. The molecule has 0 bridgehead atoms. The van der Waals surface area contributed by atoms with Gasteiger partial charge in [-0.2, -0.15) is 5.10 Å². The molecule has 0 radical (unpaired) electrons. The van der Waals surface area contributed by atoms with E-state index in [0.29, 0.717) is 13.2 Å². The third kappa shape index (κ3) is 6.33. The Bertz CT molecular complexity index is 823. The van der Waals surface area contributed by atoms with Gasteiger partial charge in [-0.05, 0) is 24.6 Å². The zero-order valence-electron chi connectivity index (χ0n) is 17.6. The van der Waals surface area contributed by atoms with Crippen molar-refractivity contribution in [3.05, 3.63) is 52.8 Å². The molecule has 3 rings (SSSR count). The zero-order valence-corrected chi connectivity index (χ0v) is 20.6. The number of morpholine rings is 1. The molecule has 2 heterocycles. The average molecular weight is 532 g/mol. The molecule has 1 aromatic heterocycles. The second-order valence-corrected chi connectivity index (χ2v) is 8.25. The Balaban J connectivity index is 0.00000300. The fraction of sp³-hybridized carbons (Fsp3) is 0.524. The maximum Gasteiger partial charge on any atom is 0.194 e. The summed E-state index contributed by atoms with van der Waals surface area (Å²) in [6.45, 7) is 10.2. The van der Waals surface area contributed by atoms with Crippen molar-refractivity contribution in [1.29, 1.82) is 0 Å². The van der Waals surface area contributed by atoms with Crippen molar-refractivity contribution in [3.63, 3.8) is 0 Å². The number of guanidine groups is 1. The highest BCUT2D eigenvalue weighted by molar-refractivity contribution is 14.0. The molecule has 29 heavy (non-hydrogen) atoms. The van der Waals surface area contributed by atoms with Crippen LogP contribution in [0.25, 0.3) is 0 Å². The number of aryl methyl sites for hydroxylation is 1. The van der Waals surface area contributed by atoms with Crippen LogP contribution in [-0.2, 0) is 17.2 Å². The van der Waals surface area contributed by atoms with E-state index in [-0.39, 0.29) is 35.5 Å². The van der Waals surface area contributed by atoms with Crippen molar-refractivity contribution in [2.75, 3.05) is 32.8 Å². The van der Waals surface area contributed by atoms with E-state index in [0.717, 1.165) is 36.2 Å². The second kappa shape index (κ2) is 10.6. The van der Waals surface area contributed by atoms with Crippen LogP contribution in [0.3, 0.4) is 0 Å². The minimum atomic E-state index is -0.111. The number of benzene rings is 1. The van der Waals surface area contributed by atoms with Crippen molar-refractivity contribution in [2.45, 2.75) is 32.3 Å². The Kier molecular flexibility index (Phi) is 8.78. The second-order valence-electron chi connectivity index (χ2n) is 7.82. The fourth-order valence-corrected chi connectivity index (χ4v) is 3.54. The molecule has 1 saturated heterocycles. The van der Waals surface area contributed by atoms with Crippen molar-refractivity contribution in [3.8, 4) is 0 Å². The van der Waals surface area contributed by atoms with Gasteiger partial charge in [-0.3, -0.25) is 9.67 Å². The molecule has 1 aliphatic rings. The van der Waals surface area contributed by atoms with Gasteiger partial charge in [0.25, 0.3) is 0 Å². The summed E-state index contributed by atoms with van der Waals surface area (Å²) >= 11 is 6.18. The standard InChI is InChI=1S/C21H30ClN5O.HI/c1-5-23-20(24-15-21(2,3)17-7-6-8-18(22)11-17)27-9-10-28-19(14-27)16-12-25-26(4)13-16;/h6-8,11-13,19H,5,9-10,14-15H2,1-4H3,(H,23,24);1H. The van der Waals surface area contributed by atoms with Crippen LogP contribution in [0.4, 0.5) is 0 Å². The van der Waals surface area contributed by atoms with Gasteiger partial charge in [0.2, 0.25) is 0 Å². The Morgan fingerprint density at radius 1 is 1.41 bits per heavy atom. The van der Waals surface area contributed by atoms with Crippen LogP contribution in [0.5, 0.6) is 0 Å². The maximum atomic E-state index is 6.18. The van der Waals surface area contributed by atoms with Crippen molar-refractivity contribution >= 4 is 41.5 Å². The van der Waals surface area contributed by atoms with E-state index >= 15 is 0 Å². The maximum absolute atomic E-state index is 6.18. The number of hydrogen-bond donors (Lipinski definition) is 1. The van der Waals surface area contributed by atoms with Gasteiger partial charge < -0.3 is 15.0 Å². The molecule has 2 aromatic rings. The largest absolute Gasteiger partial charge is 0.370 e. The number of hydrogen-bond acceptors (Lipinski definition) is 3. The van der Waals surface area contributed by atoms with Crippen LogP contribution in [0.2, 0.25) is 5.02 Å². The minimum absolute atomic E-state index is 0. The molecular weight excluding hydrogens is 501 g/mol. The van der Waals surface area contributed by atoms with Crippen LogP contribution in [0, 0.1) is 0 Å². The number of nitrogens with one attached hydrogen (secondary N) is 1. The lowest BCUT2D eigenvalue weighted by atomic mass is 9.85. The number of aromatic nitrogens is 2. The van der Waals surface area contributed by atoms with Gasteiger partial charge in [0, 0.05) is 42.3 Å². The summed E-state index contributed by atoms with van der Waals surface area (Å²) in [4.78, 5) is 7.24. The molecule has 1 unspecified atom stereocenters. The predicted octanol–water partition coefficient (Wildman–Crippen LogP) is 4.01. The first kappa shape index (κ1) is 24.0. The summed E-state index contributed by atoms with van der Waals surface area (Å²) in [5.41, 5.74) is 2.18. The van der Waals surface area contributed by atoms with E-state index in [4.69, 9.17) is 21.3 Å². The van der Waals surface area contributed by atoms with E-state index in [2.05, 4.69) is 42.2 Å². The van der Waals surface area contributed by atoms with Crippen LogP contribution in [0.1, 0.15) is 38.0 Å². The molecule has 0 saturated carbocycles. The van der Waals surface area contributed by atoms with Gasteiger partial charge in [-0.1, -0.05) is 37.6 Å². The number of nitrogens with zero attached hydrogens (tertiary/aromatic N) is 4. The van der Waals surface area contributed by atoms with Gasteiger partial charge in [-0.15, -0.1) is 24.0 Å². The smallest absolute Gasteiger partial charge is 0.194 e. The molecular formula is C21H31ClIN5O. The SMILES string of the molecule is CCNC(=NCC(C)(C)c1cccc(Cl)c1)N1CCOC(c2cnn(C)c2)C1.I. The lowest BCUT2D eigenvalue weighted by Crippen LogP contribution is -2.48. The summed E-state index contributed by atoms with van der Waals surface area (Å²) in [6, 6.07) is 8.04. The van der Waals surface area contributed by atoms with E-state index in [1.54, 1.807) is 0 Å². The Hall–Kier alpha value is -1.32. The number of ether oxygens (including phenoxy) is 1. The molecule has 0 amide bonds. The molecule has 0 aliphatic carbocycles. The molecule has 1 aliphatic heterocycles. The Morgan fingerprint density at radius 3 is 2.86 bits per heavy atom. The monoisotopic (exact) mass is 531 g/mol. The molecule has 6 nitrogen and oxygen atoms in total. The van der Waals surface area contributed by atoms with Crippen molar-refractivity contribution in [1.82, 2.24) is 20.0 Å². The number of halogens is 2. The lowest BCUT2D eigenvalue weighted by molar-refractivity contribution is -0.00806. The van der Waals surface area contributed by atoms with Crippen molar-refractivity contribution < 1.29 is 4.74 Å². The molecule has 8 heteroatoms. The summed E-state index contributed by atoms with van der Waals surface area (Å²) in [7, 11) is 1.92. The zero-order chi connectivity index (χ0) is 20.1. The van der Waals surface area contributed by atoms with E-state index in [1.165, 1.54) is 5.56 Å². The molecule has 1 atom stereocenters. The molecule has 160 valence electrons. The highest BCUT2D eigenvalue weighted by Gasteiger charge is 2.26. The predicted molar refractivity (Wildman–Crippen MR) is 129 cm³/mol. The summed E-state index contributed by atoms with van der Waals surface area (Å²) in [5.74, 6) is 0.926. The Labute approximate surface area is 195 Å². The summed E-state index contributed by atoms with van der Waals surface area (Å²) < 4.78 is 7.78. The van der Waals surface area contributed by atoms with Crippen LogP contribution < -0.4 is 5.32 Å². The third-order valence-corrected chi connectivity index (χ3v) is 5.26. The highest BCUT2D eigenvalue weighted by atomic mass is 127. The van der Waals surface area contributed by atoms with Crippen LogP contribution in [0.15, 0.2) is 41.7 Å². The summed E-state index contributed by atoms with van der Waals surface area (Å²) in [5, 5.41) is 8.47. The molecule has 0 spiro atoms. The highest BCUT2D eigenvalue weighted by Crippen LogP contribution is 2.26. The molecule has 1 aromatic carbocycles. The minimum Gasteiger partial charge on any atom is -0.370 e. The van der Waals surface area contributed by atoms with Gasteiger partial charge in [0.15, 0.2) is 5.96 Å². The van der Waals surface area contributed by atoms with Crippen LogP contribution >= 0.6 is 35.6 Å². The topological polar surface area (TPSA) is 54.7 Å². The number of aliphatic imine (C=N–C) groups is 1. The summed E-state index contributed by atoms with van der Waals surface area (Å²) in [6.07, 6.45) is 3.90. The first-order valence-corrected chi connectivity index (χ1v) is 10.2. The first-order chi connectivity index (χ1) is 13.4. The fourth-order valence-electron chi connectivity index (χ4n) is 3.35. The third-order valence-electron chi connectivity index (χ3n) is 5.03. The van der Waals surface area contributed by atoms with E-state index in [9.17, 15) is 0 Å². The van der Waals surface area contributed by atoms with E-state index < -0.39 is 0 Å². The van der Waals surface area contributed by atoms with Gasteiger partial charge in [0.05, 0.1) is 25.9 Å². The first-order valence-electron chi connectivity index (χ1n) is 9.78. The average Bonchev–Trinajstić information content (AvgIpc) is 3.12. The van der Waals surface area contributed by atoms with E-state index in [1.807, 2.05) is 42.3 Å². The molecule has 1 N–H and O–H groups in total. The van der Waals surface area contributed by atoms with Gasteiger partial charge in [0.1, 0.15) is 6.10 Å². The number of rotatable bonds is 5. The van der Waals surface area contributed by atoms with Crippen molar-refractivity contribution in [2.24, 2.45) is 12.0 Å². The lowest BCUT2D eigenvalue weighted by Gasteiger charge is -2.35. The Morgan fingerprint density at radius 2 is 2.21 bits per heavy atom. The van der Waals surface area contributed by atoms with Crippen LogP contribution in [-0.4, -0.2) is 53.4 Å². The van der Waals surface area contributed by atoms with Gasteiger partial charge >= 0.3 is 0 Å². The normalized spacial score (nSPS) is 17.8.